The van der Waals surface area contributed by atoms with Crippen LogP contribution < -0.4 is 15.8 Å². The van der Waals surface area contributed by atoms with Crippen LogP contribution in [0, 0.1) is 18.3 Å². The van der Waals surface area contributed by atoms with Crippen LogP contribution in [-0.2, 0) is 13.5 Å². The molecule has 0 aliphatic carbocycles. The van der Waals surface area contributed by atoms with Crippen molar-refractivity contribution < 1.29 is 0 Å². The van der Waals surface area contributed by atoms with Gasteiger partial charge in [-0.25, -0.2) is 0 Å². The number of aromatic nitrogens is 3. The molecule has 0 unspecified atom stereocenters. The van der Waals surface area contributed by atoms with Gasteiger partial charge in [-0.3, -0.25) is 9.48 Å². The standard InChI is InChI=1S/C29H30N6O/c1-19-13-25-26(33(2)29(19)36)6-3-7-27(25)34-12-4-5-20-14-24(21(16-30)15-28(20)34)22-17-32-35(18-22)23-8-10-31-11-9-23/h3,6-7,13-15,17-18,23,31H,4-5,8-12H2,1-2H3. The van der Waals surface area contributed by atoms with Gasteiger partial charge in [-0.15, -0.1) is 0 Å². The second-order valence-corrected chi connectivity index (χ2v) is 9.99. The fraction of sp³-hybridized carbons (Fsp3) is 0.345. The number of hydrogen-bond donors (Lipinski definition) is 1. The molecule has 2 aliphatic heterocycles. The van der Waals surface area contributed by atoms with Gasteiger partial charge in [0.2, 0.25) is 0 Å². The molecule has 7 nitrogen and oxygen atoms in total. The van der Waals surface area contributed by atoms with Gasteiger partial charge in [0.05, 0.1) is 35.1 Å². The molecule has 4 heterocycles. The van der Waals surface area contributed by atoms with Crippen LogP contribution in [0.25, 0.3) is 22.0 Å². The fourth-order valence-electron chi connectivity index (χ4n) is 5.83. The van der Waals surface area contributed by atoms with Crippen LogP contribution in [0.15, 0.2) is 53.6 Å². The Morgan fingerprint density at radius 1 is 1.14 bits per heavy atom. The summed E-state index contributed by atoms with van der Waals surface area (Å²) in [4.78, 5) is 14.8. The molecule has 0 spiro atoms. The van der Waals surface area contributed by atoms with Gasteiger partial charge in [-0.05, 0) is 81.6 Å². The summed E-state index contributed by atoms with van der Waals surface area (Å²) in [5.41, 5.74) is 7.67. The van der Waals surface area contributed by atoms with E-state index in [0.29, 0.717) is 11.6 Å². The lowest BCUT2D eigenvalue weighted by atomic mass is 9.93. The van der Waals surface area contributed by atoms with E-state index in [1.165, 1.54) is 5.56 Å². The van der Waals surface area contributed by atoms with Gasteiger partial charge in [0, 0.05) is 47.6 Å². The number of nitrogens with zero attached hydrogens (tertiary/aromatic N) is 5. The van der Waals surface area contributed by atoms with Gasteiger partial charge in [-0.1, -0.05) is 6.07 Å². The molecule has 0 radical (unpaired) electrons. The number of nitrogens with one attached hydrogen (secondary N) is 1. The van der Waals surface area contributed by atoms with E-state index in [1.54, 1.807) is 4.57 Å². The lowest BCUT2D eigenvalue weighted by Crippen LogP contribution is -2.29. The maximum absolute atomic E-state index is 12.5. The third-order valence-corrected chi connectivity index (χ3v) is 7.77. The zero-order valence-corrected chi connectivity index (χ0v) is 20.8. The Hall–Kier alpha value is -3.89. The molecule has 7 heteroatoms. The maximum Gasteiger partial charge on any atom is 0.253 e. The van der Waals surface area contributed by atoms with Gasteiger partial charge in [0.25, 0.3) is 5.56 Å². The highest BCUT2D eigenvalue weighted by Crippen LogP contribution is 2.40. The third-order valence-electron chi connectivity index (χ3n) is 7.77. The molecule has 0 atom stereocenters. The number of rotatable bonds is 3. The Bertz CT molecular complexity index is 1570. The molecule has 1 fully saturated rings. The summed E-state index contributed by atoms with van der Waals surface area (Å²) in [6.45, 7) is 4.76. The van der Waals surface area contributed by atoms with Gasteiger partial charge in [-0.2, -0.15) is 10.4 Å². The van der Waals surface area contributed by atoms with Crippen LogP contribution in [0.1, 0.15) is 42.0 Å². The lowest BCUT2D eigenvalue weighted by molar-refractivity contribution is 0.343. The summed E-state index contributed by atoms with van der Waals surface area (Å²) in [5.74, 6) is 0. The molecule has 36 heavy (non-hydrogen) atoms. The molecule has 0 amide bonds. The van der Waals surface area contributed by atoms with Crippen LogP contribution >= 0.6 is 0 Å². The minimum Gasteiger partial charge on any atom is -0.341 e. The molecule has 1 N–H and O–H groups in total. The first-order chi connectivity index (χ1) is 17.5. The van der Waals surface area contributed by atoms with E-state index in [2.05, 4.69) is 44.4 Å². The average molecular weight is 479 g/mol. The minimum absolute atomic E-state index is 0.0279. The Morgan fingerprint density at radius 2 is 1.97 bits per heavy atom. The van der Waals surface area contributed by atoms with Gasteiger partial charge in [0.1, 0.15) is 0 Å². The normalized spacial score (nSPS) is 16.2. The van der Waals surface area contributed by atoms with Crippen LogP contribution in [0.2, 0.25) is 0 Å². The van der Waals surface area contributed by atoms with Crippen molar-refractivity contribution in [3.8, 4) is 17.2 Å². The van der Waals surface area contributed by atoms with E-state index in [1.807, 2.05) is 44.4 Å². The van der Waals surface area contributed by atoms with Crippen LogP contribution in [0.5, 0.6) is 0 Å². The van der Waals surface area contributed by atoms with Crippen molar-refractivity contribution in [2.75, 3.05) is 24.5 Å². The molecular weight excluding hydrogens is 448 g/mol. The summed E-state index contributed by atoms with van der Waals surface area (Å²) in [5, 5.41) is 19.3. The Morgan fingerprint density at radius 3 is 2.78 bits per heavy atom. The summed E-state index contributed by atoms with van der Waals surface area (Å²) < 4.78 is 3.80. The fourth-order valence-corrected chi connectivity index (χ4v) is 5.83. The Balaban J connectivity index is 1.44. The first-order valence-electron chi connectivity index (χ1n) is 12.7. The number of fused-ring (bicyclic) bond motifs is 2. The predicted octanol–water partition coefficient (Wildman–Crippen LogP) is 4.59. The summed E-state index contributed by atoms with van der Waals surface area (Å²) >= 11 is 0. The van der Waals surface area contributed by atoms with Crippen LogP contribution in [0.3, 0.4) is 0 Å². The minimum atomic E-state index is 0.0279. The number of piperidine rings is 1. The van der Waals surface area contributed by atoms with Gasteiger partial charge < -0.3 is 14.8 Å². The van der Waals surface area contributed by atoms with E-state index < -0.39 is 0 Å². The molecule has 1 saturated heterocycles. The number of nitriles is 1. The van der Waals surface area contributed by atoms with Crippen LogP contribution in [0.4, 0.5) is 11.4 Å². The van der Waals surface area contributed by atoms with Crippen molar-refractivity contribution in [1.82, 2.24) is 19.7 Å². The predicted molar refractivity (Wildman–Crippen MR) is 143 cm³/mol. The summed E-state index contributed by atoms with van der Waals surface area (Å²) in [7, 11) is 1.83. The molecule has 2 aliphatic rings. The molecular formula is C29H30N6O. The second-order valence-electron chi connectivity index (χ2n) is 9.99. The number of pyridine rings is 1. The quantitative estimate of drug-likeness (QED) is 0.466. The molecule has 0 saturated carbocycles. The number of anilines is 2. The SMILES string of the molecule is Cc1cc2c(N3CCCc4cc(-c5cnn(C6CCNCC6)c5)c(C#N)cc43)cccc2n(C)c1=O. The summed E-state index contributed by atoms with van der Waals surface area (Å²) in [6, 6.07) is 15.2. The zero-order valence-electron chi connectivity index (χ0n) is 20.8. The first kappa shape index (κ1) is 22.6. The highest BCUT2D eigenvalue weighted by atomic mass is 16.1. The van der Waals surface area contributed by atoms with Crippen molar-refractivity contribution in [3.05, 3.63) is 75.8 Å². The van der Waals surface area contributed by atoms with E-state index in [9.17, 15) is 10.1 Å². The van der Waals surface area contributed by atoms with Crippen molar-refractivity contribution >= 4 is 22.3 Å². The van der Waals surface area contributed by atoms with Gasteiger partial charge in [0.15, 0.2) is 0 Å². The second kappa shape index (κ2) is 8.96. The van der Waals surface area contributed by atoms with Gasteiger partial charge >= 0.3 is 0 Å². The number of benzene rings is 2. The topological polar surface area (TPSA) is 78.9 Å². The van der Waals surface area contributed by atoms with E-state index in [0.717, 1.165) is 84.3 Å². The van der Waals surface area contributed by atoms with Crippen molar-refractivity contribution in [2.45, 2.75) is 38.6 Å². The van der Waals surface area contributed by atoms with E-state index in [-0.39, 0.29) is 5.56 Å². The molecule has 2 aromatic heterocycles. The monoisotopic (exact) mass is 478 g/mol. The highest BCUT2D eigenvalue weighted by molar-refractivity contribution is 5.95. The highest BCUT2D eigenvalue weighted by Gasteiger charge is 2.24. The molecule has 6 rings (SSSR count). The number of aryl methyl sites for hydroxylation is 3. The molecule has 182 valence electrons. The molecule has 4 aromatic rings. The molecule has 0 bridgehead atoms. The maximum atomic E-state index is 12.5. The van der Waals surface area contributed by atoms with E-state index >= 15 is 0 Å². The third kappa shape index (κ3) is 3.69. The van der Waals surface area contributed by atoms with Crippen molar-refractivity contribution in [2.24, 2.45) is 7.05 Å². The summed E-state index contributed by atoms with van der Waals surface area (Å²) in [6.07, 6.45) is 8.14. The largest absolute Gasteiger partial charge is 0.341 e. The van der Waals surface area contributed by atoms with Crippen molar-refractivity contribution in [1.29, 1.82) is 5.26 Å². The van der Waals surface area contributed by atoms with Crippen LogP contribution in [-0.4, -0.2) is 34.0 Å². The zero-order chi connectivity index (χ0) is 24.8. The Kier molecular flexibility index (Phi) is 5.62. The number of hydrogen-bond acceptors (Lipinski definition) is 5. The smallest absolute Gasteiger partial charge is 0.253 e. The lowest BCUT2D eigenvalue weighted by Gasteiger charge is -2.33. The molecule has 2 aromatic carbocycles. The van der Waals surface area contributed by atoms with E-state index in [4.69, 9.17) is 0 Å². The first-order valence-corrected chi connectivity index (χ1v) is 12.7. The Labute approximate surface area is 210 Å². The van der Waals surface area contributed by atoms with Crippen molar-refractivity contribution in [3.63, 3.8) is 0 Å². The average Bonchev–Trinajstić information content (AvgIpc) is 3.41.